The molecule has 1 aliphatic heterocycles. The first kappa shape index (κ1) is 16.4. The van der Waals surface area contributed by atoms with Gasteiger partial charge in [0.2, 0.25) is 5.91 Å². The minimum atomic E-state index is -0.0979. The number of nitrogens with zero attached hydrogens (tertiary/aromatic N) is 1. The molecule has 0 aromatic heterocycles. The van der Waals surface area contributed by atoms with Crippen LogP contribution in [0.3, 0.4) is 0 Å². The standard InChI is InChI=1S/C18H18N2O3S/c1-20(9-10-23-14-5-3-2-4-6-14)18(22)13-7-8-16-15(11-13)19-17(21)12-24-16/h2-8,11H,9-10,12H2,1H3,(H,19,21). The van der Waals surface area contributed by atoms with Gasteiger partial charge in [-0.15, -0.1) is 11.8 Å². The zero-order valence-electron chi connectivity index (χ0n) is 13.3. The third kappa shape index (κ3) is 3.89. The summed E-state index contributed by atoms with van der Waals surface area (Å²) in [5.41, 5.74) is 1.26. The van der Waals surface area contributed by atoms with Crippen molar-refractivity contribution in [2.75, 3.05) is 31.3 Å². The molecule has 1 heterocycles. The van der Waals surface area contributed by atoms with Crippen LogP contribution in [-0.4, -0.2) is 42.7 Å². The van der Waals surface area contributed by atoms with Crippen LogP contribution in [0.5, 0.6) is 5.75 Å². The van der Waals surface area contributed by atoms with E-state index in [1.54, 1.807) is 24.1 Å². The van der Waals surface area contributed by atoms with Gasteiger partial charge in [-0.05, 0) is 30.3 Å². The maximum Gasteiger partial charge on any atom is 0.253 e. The summed E-state index contributed by atoms with van der Waals surface area (Å²) in [7, 11) is 1.74. The number of carbonyl (C=O) groups excluding carboxylic acids is 2. The Morgan fingerprint density at radius 2 is 2.04 bits per heavy atom. The fraction of sp³-hybridized carbons (Fsp3) is 0.222. The van der Waals surface area contributed by atoms with E-state index in [0.29, 0.717) is 30.2 Å². The topological polar surface area (TPSA) is 58.6 Å². The summed E-state index contributed by atoms with van der Waals surface area (Å²) < 4.78 is 5.61. The molecule has 1 N–H and O–H groups in total. The molecule has 0 fully saturated rings. The van der Waals surface area contributed by atoms with E-state index in [9.17, 15) is 9.59 Å². The Kier molecular flexibility index (Phi) is 5.05. The molecule has 124 valence electrons. The molecule has 5 nitrogen and oxygen atoms in total. The highest BCUT2D eigenvalue weighted by molar-refractivity contribution is 8.00. The van der Waals surface area contributed by atoms with E-state index in [2.05, 4.69) is 5.32 Å². The van der Waals surface area contributed by atoms with Gasteiger partial charge in [-0.2, -0.15) is 0 Å². The van der Waals surface area contributed by atoms with Gasteiger partial charge in [0.15, 0.2) is 0 Å². The van der Waals surface area contributed by atoms with Crippen molar-refractivity contribution < 1.29 is 14.3 Å². The number of ether oxygens (including phenoxy) is 1. The van der Waals surface area contributed by atoms with Crippen LogP contribution in [0.4, 0.5) is 5.69 Å². The Morgan fingerprint density at radius 3 is 2.83 bits per heavy atom. The van der Waals surface area contributed by atoms with Crippen LogP contribution in [0.2, 0.25) is 0 Å². The number of nitrogens with one attached hydrogen (secondary N) is 1. The smallest absolute Gasteiger partial charge is 0.253 e. The highest BCUT2D eigenvalue weighted by atomic mass is 32.2. The first-order valence-corrected chi connectivity index (χ1v) is 8.62. The maximum absolute atomic E-state index is 12.5. The highest BCUT2D eigenvalue weighted by Crippen LogP contribution is 2.32. The molecule has 0 saturated carbocycles. The second-order valence-electron chi connectivity index (χ2n) is 5.44. The van der Waals surface area contributed by atoms with Gasteiger partial charge in [0, 0.05) is 17.5 Å². The Balaban J connectivity index is 1.59. The summed E-state index contributed by atoms with van der Waals surface area (Å²) in [6.45, 7) is 0.899. The van der Waals surface area contributed by atoms with Gasteiger partial charge >= 0.3 is 0 Å². The molecular formula is C18H18N2O3S. The fourth-order valence-electron chi connectivity index (χ4n) is 2.36. The van der Waals surface area contributed by atoms with E-state index in [4.69, 9.17) is 4.74 Å². The summed E-state index contributed by atoms with van der Waals surface area (Å²) in [5.74, 6) is 1.06. The molecule has 2 aromatic rings. The quantitative estimate of drug-likeness (QED) is 0.908. The molecular weight excluding hydrogens is 324 g/mol. The van der Waals surface area contributed by atoms with Crippen molar-refractivity contribution >= 4 is 29.3 Å². The number of benzene rings is 2. The monoisotopic (exact) mass is 342 g/mol. The Labute approximate surface area is 145 Å². The third-order valence-electron chi connectivity index (χ3n) is 3.64. The molecule has 0 saturated heterocycles. The van der Waals surface area contributed by atoms with Crippen molar-refractivity contribution in [3.63, 3.8) is 0 Å². The lowest BCUT2D eigenvalue weighted by molar-refractivity contribution is -0.113. The number of amides is 2. The number of likely N-dealkylation sites (N-methyl/N-ethyl adjacent to an activating group) is 1. The van der Waals surface area contributed by atoms with Gasteiger partial charge in [0.05, 0.1) is 18.0 Å². The fourth-order valence-corrected chi connectivity index (χ4v) is 3.14. The molecule has 0 bridgehead atoms. The summed E-state index contributed by atoms with van der Waals surface area (Å²) in [4.78, 5) is 26.6. The lowest BCUT2D eigenvalue weighted by Crippen LogP contribution is -2.31. The average Bonchev–Trinajstić information content (AvgIpc) is 2.61. The number of rotatable bonds is 5. The molecule has 0 radical (unpaired) electrons. The van der Waals surface area contributed by atoms with Crippen molar-refractivity contribution in [1.82, 2.24) is 4.90 Å². The number of hydrogen-bond donors (Lipinski definition) is 1. The minimum Gasteiger partial charge on any atom is -0.492 e. The summed E-state index contributed by atoms with van der Waals surface area (Å²) in [6, 6.07) is 14.9. The van der Waals surface area contributed by atoms with Gasteiger partial charge in [-0.1, -0.05) is 18.2 Å². The molecule has 0 spiro atoms. The van der Waals surface area contributed by atoms with Gasteiger partial charge in [-0.3, -0.25) is 9.59 Å². The second-order valence-corrected chi connectivity index (χ2v) is 6.45. The second kappa shape index (κ2) is 7.40. The van der Waals surface area contributed by atoms with Crippen molar-refractivity contribution in [2.24, 2.45) is 0 Å². The van der Waals surface area contributed by atoms with Gasteiger partial charge < -0.3 is 15.0 Å². The van der Waals surface area contributed by atoms with E-state index >= 15 is 0 Å². The SMILES string of the molecule is CN(CCOc1ccccc1)C(=O)c1ccc2c(c1)NC(=O)CS2. The first-order valence-electron chi connectivity index (χ1n) is 7.63. The largest absolute Gasteiger partial charge is 0.492 e. The number of para-hydroxylation sites is 1. The number of hydrogen-bond acceptors (Lipinski definition) is 4. The Hall–Kier alpha value is -2.47. The number of fused-ring (bicyclic) bond motifs is 1. The summed E-state index contributed by atoms with van der Waals surface area (Å²) in [6.07, 6.45) is 0. The number of thioether (sulfide) groups is 1. The van der Waals surface area contributed by atoms with Crippen LogP contribution in [0.25, 0.3) is 0 Å². The Morgan fingerprint density at radius 1 is 1.25 bits per heavy atom. The van der Waals surface area contributed by atoms with E-state index in [0.717, 1.165) is 10.6 Å². The molecule has 6 heteroatoms. The number of carbonyl (C=O) groups is 2. The molecule has 0 atom stereocenters. The lowest BCUT2D eigenvalue weighted by atomic mass is 10.1. The van der Waals surface area contributed by atoms with E-state index in [1.807, 2.05) is 36.4 Å². The van der Waals surface area contributed by atoms with Crippen LogP contribution in [0.15, 0.2) is 53.4 Å². The summed E-state index contributed by atoms with van der Waals surface area (Å²) in [5, 5.41) is 2.80. The van der Waals surface area contributed by atoms with Crippen LogP contribution in [0.1, 0.15) is 10.4 Å². The molecule has 1 aliphatic rings. The summed E-state index contributed by atoms with van der Waals surface area (Å²) >= 11 is 1.48. The van der Waals surface area contributed by atoms with Crippen LogP contribution >= 0.6 is 11.8 Å². The van der Waals surface area contributed by atoms with Crippen molar-refractivity contribution in [2.45, 2.75) is 4.90 Å². The molecule has 2 aromatic carbocycles. The molecule has 0 aliphatic carbocycles. The molecule has 0 unspecified atom stereocenters. The van der Waals surface area contributed by atoms with Gasteiger partial charge in [-0.25, -0.2) is 0 Å². The lowest BCUT2D eigenvalue weighted by Gasteiger charge is -2.20. The normalized spacial score (nSPS) is 13.0. The van der Waals surface area contributed by atoms with Crippen LogP contribution < -0.4 is 10.1 Å². The van der Waals surface area contributed by atoms with Gasteiger partial charge in [0.25, 0.3) is 5.91 Å². The zero-order valence-corrected chi connectivity index (χ0v) is 14.1. The van der Waals surface area contributed by atoms with Crippen LogP contribution in [-0.2, 0) is 4.79 Å². The predicted molar refractivity (Wildman–Crippen MR) is 94.7 cm³/mol. The Bertz CT molecular complexity index is 749. The highest BCUT2D eigenvalue weighted by Gasteiger charge is 2.18. The van der Waals surface area contributed by atoms with Crippen molar-refractivity contribution in [1.29, 1.82) is 0 Å². The van der Waals surface area contributed by atoms with Crippen molar-refractivity contribution in [3.8, 4) is 5.75 Å². The zero-order chi connectivity index (χ0) is 16.9. The average molecular weight is 342 g/mol. The van der Waals surface area contributed by atoms with E-state index in [1.165, 1.54) is 11.8 Å². The van der Waals surface area contributed by atoms with Crippen molar-refractivity contribution in [3.05, 3.63) is 54.1 Å². The minimum absolute atomic E-state index is 0.0401. The van der Waals surface area contributed by atoms with E-state index < -0.39 is 0 Å². The van der Waals surface area contributed by atoms with E-state index in [-0.39, 0.29) is 11.8 Å². The van der Waals surface area contributed by atoms with Gasteiger partial charge in [0.1, 0.15) is 12.4 Å². The van der Waals surface area contributed by atoms with Crippen LogP contribution in [0, 0.1) is 0 Å². The maximum atomic E-state index is 12.5. The number of anilines is 1. The molecule has 3 rings (SSSR count). The molecule has 24 heavy (non-hydrogen) atoms. The molecule has 2 amide bonds. The predicted octanol–water partition coefficient (Wildman–Crippen LogP) is 2.88. The third-order valence-corrected chi connectivity index (χ3v) is 4.72. The first-order chi connectivity index (χ1) is 11.6.